The van der Waals surface area contributed by atoms with Crippen LogP contribution in [0.5, 0.6) is 0 Å². The van der Waals surface area contributed by atoms with E-state index in [-0.39, 0.29) is 0 Å². The average Bonchev–Trinajstić information content (AvgIpc) is 2.31. The molecule has 0 atom stereocenters. The van der Waals surface area contributed by atoms with Gasteiger partial charge in [0.25, 0.3) is 0 Å². The van der Waals surface area contributed by atoms with Crippen LogP contribution in [0.2, 0.25) is 0 Å². The Kier molecular flexibility index (Phi) is 14.2. The van der Waals surface area contributed by atoms with Crippen LogP contribution in [0.1, 0.15) is 78.1 Å². The SMILES string of the molecule is CCCCCCCN=NCCCCCCC. The third-order valence-electron chi connectivity index (χ3n) is 2.82. The summed E-state index contributed by atoms with van der Waals surface area (Å²) in [5, 5.41) is 8.42. The van der Waals surface area contributed by atoms with Gasteiger partial charge in [-0.1, -0.05) is 65.2 Å². The Bertz CT molecular complexity index is 128. The molecular weight excluding hydrogens is 196 g/mol. The van der Waals surface area contributed by atoms with Crippen LogP contribution in [0, 0.1) is 0 Å². The predicted molar refractivity (Wildman–Crippen MR) is 72.1 cm³/mol. The summed E-state index contributed by atoms with van der Waals surface area (Å²) in [5.74, 6) is 0. The minimum absolute atomic E-state index is 0.943. The zero-order valence-corrected chi connectivity index (χ0v) is 11.4. The molecule has 0 aromatic heterocycles. The van der Waals surface area contributed by atoms with Crippen molar-refractivity contribution < 1.29 is 0 Å². The number of hydrogen-bond acceptors (Lipinski definition) is 2. The first-order valence-electron chi connectivity index (χ1n) is 7.25. The minimum atomic E-state index is 0.943. The van der Waals surface area contributed by atoms with Gasteiger partial charge in [0.1, 0.15) is 0 Å². The smallest absolute Gasteiger partial charge is 0.0598 e. The van der Waals surface area contributed by atoms with Crippen LogP contribution in [-0.4, -0.2) is 13.1 Å². The predicted octanol–water partition coefficient (Wildman–Crippen LogP) is 5.38. The summed E-state index contributed by atoms with van der Waals surface area (Å²) in [6.45, 7) is 6.38. The first-order chi connectivity index (χ1) is 7.91. The molecule has 0 saturated heterocycles. The maximum atomic E-state index is 4.21. The molecule has 0 aromatic rings. The van der Waals surface area contributed by atoms with Crippen LogP contribution in [-0.2, 0) is 0 Å². The molecule has 0 rings (SSSR count). The van der Waals surface area contributed by atoms with Gasteiger partial charge in [0.05, 0.1) is 13.1 Å². The summed E-state index contributed by atoms with van der Waals surface area (Å²) in [4.78, 5) is 0. The standard InChI is InChI=1S/C14H30N2/c1-3-5-7-9-11-13-15-16-14-12-10-8-6-4-2/h3-14H2,1-2H3. The molecule has 96 valence electrons. The quantitative estimate of drug-likeness (QED) is 0.315. The molecular formula is C14H30N2. The maximum Gasteiger partial charge on any atom is 0.0598 e. The van der Waals surface area contributed by atoms with E-state index in [9.17, 15) is 0 Å². The van der Waals surface area contributed by atoms with Crippen LogP contribution in [0.4, 0.5) is 0 Å². The summed E-state index contributed by atoms with van der Waals surface area (Å²) in [5.41, 5.74) is 0. The summed E-state index contributed by atoms with van der Waals surface area (Å²) >= 11 is 0. The van der Waals surface area contributed by atoms with Gasteiger partial charge in [-0.05, 0) is 12.8 Å². The first-order valence-corrected chi connectivity index (χ1v) is 7.25. The molecule has 0 N–H and O–H groups in total. The molecule has 16 heavy (non-hydrogen) atoms. The molecule has 0 aliphatic carbocycles. The Morgan fingerprint density at radius 2 is 0.875 bits per heavy atom. The monoisotopic (exact) mass is 226 g/mol. The second-order valence-corrected chi connectivity index (χ2v) is 4.56. The van der Waals surface area contributed by atoms with Gasteiger partial charge in [-0.15, -0.1) is 0 Å². The molecule has 0 amide bonds. The van der Waals surface area contributed by atoms with E-state index in [0.717, 1.165) is 13.1 Å². The highest BCUT2D eigenvalue weighted by Gasteiger charge is 1.89. The van der Waals surface area contributed by atoms with E-state index in [2.05, 4.69) is 24.1 Å². The Morgan fingerprint density at radius 3 is 1.25 bits per heavy atom. The zero-order chi connectivity index (χ0) is 11.9. The Labute approximate surface area is 102 Å². The lowest BCUT2D eigenvalue weighted by Gasteiger charge is -1.97. The fraction of sp³-hybridized carbons (Fsp3) is 1.00. The van der Waals surface area contributed by atoms with E-state index in [1.54, 1.807) is 0 Å². The highest BCUT2D eigenvalue weighted by Crippen LogP contribution is 2.04. The molecule has 2 heteroatoms. The van der Waals surface area contributed by atoms with Crippen LogP contribution in [0.25, 0.3) is 0 Å². The third kappa shape index (κ3) is 13.6. The number of nitrogens with zero attached hydrogens (tertiary/aromatic N) is 2. The first kappa shape index (κ1) is 15.6. The molecule has 0 aromatic carbocycles. The third-order valence-corrected chi connectivity index (χ3v) is 2.82. The van der Waals surface area contributed by atoms with E-state index >= 15 is 0 Å². The van der Waals surface area contributed by atoms with Gasteiger partial charge >= 0.3 is 0 Å². The van der Waals surface area contributed by atoms with Crippen molar-refractivity contribution in [2.75, 3.05) is 13.1 Å². The van der Waals surface area contributed by atoms with Gasteiger partial charge in [0.2, 0.25) is 0 Å². The van der Waals surface area contributed by atoms with E-state index in [0.29, 0.717) is 0 Å². The van der Waals surface area contributed by atoms with Gasteiger partial charge in [0.15, 0.2) is 0 Å². The summed E-state index contributed by atoms with van der Waals surface area (Å²) in [6.07, 6.45) is 13.2. The van der Waals surface area contributed by atoms with Crippen LogP contribution >= 0.6 is 0 Å². The van der Waals surface area contributed by atoms with E-state index in [4.69, 9.17) is 0 Å². The fourth-order valence-electron chi connectivity index (χ4n) is 1.71. The molecule has 0 bridgehead atoms. The lowest BCUT2D eigenvalue weighted by molar-refractivity contribution is 0.612. The number of unbranched alkanes of at least 4 members (excludes halogenated alkanes) is 8. The Morgan fingerprint density at radius 1 is 0.500 bits per heavy atom. The van der Waals surface area contributed by atoms with E-state index in [1.807, 2.05) is 0 Å². The van der Waals surface area contributed by atoms with Gasteiger partial charge in [0, 0.05) is 0 Å². The molecule has 0 radical (unpaired) electrons. The molecule has 0 heterocycles. The molecule has 0 aliphatic heterocycles. The van der Waals surface area contributed by atoms with Gasteiger partial charge in [-0.2, -0.15) is 10.2 Å². The highest BCUT2D eigenvalue weighted by atomic mass is 15.1. The number of rotatable bonds is 12. The van der Waals surface area contributed by atoms with Crippen molar-refractivity contribution in [3.8, 4) is 0 Å². The topological polar surface area (TPSA) is 24.7 Å². The van der Waals surface area contributed by atoms with Crippen molar-refractivity contribution in [2.24, 2.45) is 10.2 Å². The largest absolute Gasteiger partial charge is 0.194 e. The summed E-state index contributed by atoms with van der Waals surface area (Å²) < 4.78 is 0. The van der Waals surface area contributed by atoms with Crippen LogP contribution in [0.3, 0.4) is 0 Å². The van der Waals surface area contributed by atoms with Crippen molar-refractivity contribution in [1.29, 1.82) is 0 Å². The Balaban J connectivity index is 2.98. The van der Waals surface area contributed by atoms with Crippen molar-refractivity contribution in [2.45, 2.75) is 78.1 Å². The Hall–Kier alpha value is -0.400. The van der Waals surface area contributed by atoms with Crippen LogP contribution < -0.4 is 0 Å². The molecule has 0 unspecified atom stereocenters. The molecule has 0 fully saturated rings. The highest BCUT2D eigenvalue weighted by molar-refractivity contribution is 4.47. The van der Waals surface area contributed by atoms with E-state index in [1.165, 1.54) is 64.2 Å². The fourth-order valence-corrected chi connectivity index (χ4v) is 1.71. The number of azo groups is 1. The second kappa shape index (κ2) is 14.6. The normalized spacial score (nSPS) is 11.4. The van der Waals surface area contributed by atoms with Crippen molar-refractivity contribution >= 4 is 0 Å². The average molecular weight is 226 g/mol. The lowest BCUT2D eigenvalue weighted by atomic mass is 10.1. The maximum absolute atomic E-state index is 4.21. The number of hydrogen-bond donors (Lipinski definition) is 0. The van der Waals surface area contributed by atoms with Gasteiger partial charge in [-0.25, -0.2) is 0 Å². The molecule has 0 saturated carbocycles. The molecule has 0 aliphatic rings. The van der Waals surface area contributed by atoms with Crippen molar-refractivity contribution in [3.05, 3.63) is 0 Å². The molecule has 2 nitrogen and oxygen atoms in total. The molecule has 0 spiro atoms. The second-order valence-electron chi connectivity index (χ2n) is 4.56. The van der Waals surface area contributed by atoms with Crippen molar-refractivity contribution in [1.82, 2.24) is 0 Å². The van der Waals surface area contributed by atoms with Crippen LogP contribution in [0.15, 0.2) is 10.2 Å². The summed E-state index contributed by atoms with van der Waals surface area (Å²) in [6, 6.07) is 0. The summed E-state index contributed by atoms with van der Waals surface area (Å²) in [7, 11) is 0. The van der Waals surface area contributed by atoms with Gasteiger partial charge in [-0.3, -0.25) is 0 Å². The van der Waals surface area contributed by atoms with Crippen molar-refractivity contribution in [3.63, 3.8) is 0 Å². The van der Waals surface area contributed by atoms with Gasteiger partial charge < -0.3 is 0 Å². The van der Waals surface area contributed by atoms with E-state index < -0.39 is 0 Å². The lowest BCUT2D eigenvalue weighted by Crippen LogP contribution is -1.84. The zero-order valence-electron chi connectivity index (χ0n) is 11.4. The minimum Gasteiger partial charge on any atom is -0.194 e.